The van der Waals surface area contributed by atoms with Crippen LogP contribution in [0.4, 0.5) is 0 Å². The topological polar surface area (TPSA) is 26.3 Å². The van der Waals surface area contributed by atoms with Crippen LogP contribution in [-0.2, 0) is 4.74 Å². The zero-order chi connectivity index (χ0) is 9.80. The molecule has 1 heterocycles. The molecule has 0 aromatic heterocycles. The Kier molecular flexibility index (Phi) is 2.45. The molecule has 1 aromatic carbocycles. The lowest BCUT2D eigenvalue weighted by Crippen LogP contribution is -1.95. The highest BCUT2D eigenvalue weighted by Gasteiger charge is 2.06. The minimum Gasteiger partial charge on any atom is -0.469 e. The van der Waals surface area contributed by atoms with Crippen molar-refractivity contribution in [1.29, 1.82) is 0 Å². The first kappa shape index (κ1) is 8.75. The van der Waals surface area contributed by atoms with E-state index in [2.05, 4.69) is 0 Å². The summed E-state index contributed by atoms with van der Waals surface area (Å²) >= 11 is 0. The van der Waals surface area contributed by atoms with Gasteiger partial charge >= 0.3 is 0 Å². The van der Waals surface area contributed by atoms with Crippen LogP contribution in [-0.4, -0.2) is 5.78 Å². The molecule has 2 rings (SSSR count). The van der Waals surface area contributed by atoms with Gasteiger partial charge in [0.1, 0.15) is 5.76 Å². The van der Waals surface area contributed by atoms with Gasteiger partial charge in [-0.3, -0.25) is 4.79 Å². The number of benzene rings is 1. The highest BCUT2D eigenvalue weighted by atomic mass is 16.5. The van der Waals surface area contributed by atoms with Gasteiger partial charge in [-0.05, 0) is 6.08 Å². The molecule has 0 unspecified atom stereocenters. The minimum absolute atomic E-state index is 0.00991. The molecular weight excluding hydrogens is 176 g/mol. The van der Waals surface area contributed by atoms with E-state index >= 15 is 0 Å². The number of ether oxygens (including phenoxy) is 1. The van der Waals surface area contributed by atoms with Crippen LogP contribution in [0.1, 0.15) is 16.8 Å². The molecule has 0 saturated heterocycles. The minimum atomic E-state index is -0.00991. The standard InChI is InChI=1S/C12H10O2/c13-12(9-11-7-4-8-14-11)10-5-2-1-3-6-10/h1-6,8-9H,7H2. The summed E-state index contributed by atoms with van der Waals surface area (Å²) in [4.78, 5) is 11.6. The van der Waals surface area contributed by atoms with Crippen molar-refractivity contribution < 1.29 is 9.53 Å². The molecule has 0 spiro atoms. The third-order valence-corrected chi connectivity index (χ3v) is 1.99. The maximum Gasteiger partial charge on any atom is 0.189 e. The van der Waals surface area contributed by atoms with E-state index in [9.17, 15) is 4.79 Å². The van der Waals surface area contributed by atoms with Crippen LogP contribution >= 0.6 is 0 Å². The quantitative estimate of drug-likeness (QED) is 0.524. The Labute approximate surface area is 82.5 Å². The van der Waals surface area contributed by atoms with E-state index in [1.807, 2.05) is 24.3 Å². The molecule has 0 saturated carbocycles. The number of carbonyl (C=O) groups is 1. The van der Waals surface area contributed by atoms with Crippen LogP contribution in [0.5, 0.6) is 0 Å². The van der Waals surface area contributed by atoms with Crippen LogP contribution < -0.4 is 0 Å². The summed E-state index contributed by atoms with van der Waals surface area (Å²) in [5.41, 5.74) is 0.690. The van der Waals surface area contributed by atoms with Crippen LogP contribution in [0.15, 0.2) is 54.5 Å². The second-order valence-electron chi connectivity index (χ2n) is 3.03. The summed E-state index contributed by atoms with van der Waals surface area (Å²) in [6.45, 7) is 0. The van der Waals surface area contributed by atoms with Crippen LogP contribution in [0, 0.1) is 0 Å². The molecule has 1 aliphatic rings. The van der Waals surface area contributed by atoms with Crippen molar-refractivity contribution in [3.05, 3.63) is 60.1 Å². The van der Waals surface area contributed by atoms with Crippen LogP contribution in [0.2, 0.25) is 0 Å². The van der Waals surface area contributed by atoms with E-state index in [0.717, 1.165) is 0 Å². The molecule has 70 valence electrons. The zero-order valence-electron chi connectivity index (χ0n) is 7.64. The highest BCUT2D eigenvalue weighted by Crippen LogP contribution is 2.14. The summed E-state index contributed by atoms with van der Waals surface area (Å²) in [6.07, 6.45) is 5.72. The molecule has 1 aromatic rings. The monoisotopic (exact) mass is 186 g/mol. The van der Waals surface area contributed by atoms with Crippen molar-refractivity contribution in [3.63, 3.8) is 0 Å². The summed E-state index contributed by atoms with van der Waals surface area (Å²) in [7, 11) is 0. The van der Waals surface area contributed by atoms with Gasteiger partial charge in [0.05, 0.1) is 6.26 Å². The molecule has 0 fully saturated rings. The Morgan fingerprint density at radius 1 is 1.29 bits per heavy atom. The summed E-state index contributed by atoms with van der Waals surface area (Å²) in [5, 5.41) is 0. The maximum atomic E-state index is 11.6. The Balaban J connectivity index is 2.14. The maximum absolute atomic E-state index is 11.6. The lowest BCUT2D eigenvalue weighted by Gasteiger charge is -1.97. The van der Waals surface area contributed by atoms with Crippen molar-refractivity contribution in [2.75, 3.05) is 0 Å². The molecule has 2 nitrogen and oxygen atoms in total. The van der Waals surface area contributed by atoms with E-state index in [0.29, 0.717) is 17.7 Å². The number of rotatable bonds is 2. The third-order valence-electron chi connectivity index (χ3n) is 1.99. The summed E-state index contributed by atoms with van der Waals surface area (Å²) in [5.74, 6) is 0.697. The lowest BCUT2D eigenvalue weighted by atomic mass is 10.1. The van der Waals surface area contributed by atoms with Gasteiger partial charge in [0.15, 0.2) is 5.78 Å². The molecule has 0 bridgehead atoms. The van der Waals surface area contributed by atoms with Crippen molar-refractivity contribution in [2.24, 2.45) is 0 Å². The van der Waals surface area contributed by atoms with Gasteiger partial charge in [0, 0.05) is 18.1 Å². The van der Waals surface area contributed by atoms with E-state index in [1.165, 1.54) is 6.08 Å². The smallest absolute Gasteiger partial charge is 0.189 e. The second-order valence-corrected chi connectivity index (χ2v) is 3.03. The van der Waals surface area contributed by atoms with Crippen LogP contribution in [0.25, 0.3) is 0 Å². The van der Waals surface area contributed by atoms with E-state index in [-0.39, 0.29) is 5.78 Å². The normalized spacial score (nSPS) is 17.0. The van der Waals surface area contributed by atoms with Gasteiger partial charge in [0.25, 0.3) is 0 Å². The van der Waals surface area contributed by atoms with E-state index in [4.69, 9.17) is 4.74 Å². The van der Waals surface area contributed by atoms with Gasteiger partial charge in [-0.1, -0.05) is 30.3 Å². The molecule has 0 aliphatic carbocycles. The number of ketones is 1. The first-order valence-electron chi connectivity index (χ1n) is 4.48. The Hall–Kier alpha value is -1.83. The number of hydrogen-bond donors (Lipinski definition) is 0. The van der Waals surface area contributed by atoms with Crippen molar-refractivity contribution >= 4 is 5.78 Å². The molecule has 1 aliphatic heterocycles. The average Bonchev–Trinajstić information content (AvgIpc) is 2.72. The molecule has 2 heteroatoms. The summed E-state index contributed by atoms with van der Waals surface area (Å²) < 4.78 is 5.10. The zero-order valence-corrected chi connectivity index (χ0v) is 7.64. The Bertz CT molecular complexity index is 378. The van der Waals surface area contributed by atoms with Crippen molar-refractivity contribution in [1.82, 2.24) is 0 Å². The van der Waals surface area contributed by atoms with E-state index in [1.54, 1.807) is 18.4 Å². The molecule has 0 amide bonds. The first-order chi connectivity index (χ1) is 6.86. The predicted molar refractivity (Wildman–Crippen MR) is 53.7 cm³/mol. The first-order valence-corrected chi connectivity index (χ1v) is 4.48. The summed E-state index contributed by atoms with van der Waals surface area (Å²) in [6, 6.07) is 9.17. The van der Waals surface area contributed by atoms with Gasteiger partial charge in [-0.2, -0.15) is 0 Å². The SMILES string of the molecule is O=C(C=C1CC=CO1)c1ccccc1. The predicted octanol–water partition coefficient (Wildman–Crippen LogP) is 2.69. The molecule has 0 radical (unpaired) electrons. The fourth-order valence-corrected chi connectivity index (χ4v) is 1.27. The number of hydrogen-bond acceptors (Lipinski definition) is 2. The third kappa shape index (κ3) is 1.91. The molecule has 0 atom stereocenters. The largest absolute Gasteiger partial charge is 0.469 e. The van der Waals surface area contributed by atoms with Crippen molar-refractivity contribution in [2.45, 2.75) is 6.42 Å². The fourth-order valence-electron chi connectivity index (χ4n) is 1.27. The molecular formula is C12H10O2. The van der Waals surface area contributed by atoms with Crippen LogP contribution in [0.3, 0.4) is 0 Å². The highest BCUT2D eigenvalue weighted by molar-refractivity contribution is 6.04. The lowest BCUT2D eigenvalue weighted by molar-refractivity contribution is 0.104. The van der Waals surface area contributed by atoms with Crippen molar-refractivity contribution in [3.8, 4) is 0 Å². The molecule has 0 N–H and O–H groups in total. The van der Waals surface area contributed by atoms with Gasteiger partial charge in [0.2, 0.25) is 0 Å². The average molecular weight is 186 g/mol. The van der Waals surface area contributed by atoms with Gasteiger partial charge < -0.3 is 4.74 Å². The van der Waals surface area contributed by atoms with Gasteiger partial charge in [-0.25, -0.2) is 0 Å². The fraction of sp³-hybridized carbons (Fsp3) is 0.0833. The Morgan fingerprint density at radius 2 is 2.07 bits per heavy atom. The number of allylic oxidation sites excluding steroid dienone is 2. The number of carbonyl (C=O) groups excluding carboxylic acids is 1. The molecule has 14 heavy (non-hydrogen) atoms. The van der Waals surface area contributed by atoms with E-state index < -0.39 is 0 Å². The second kappa shape index (κ2) is 3.92. The van der Waals surface area contributed by atoms with Gasteiger partial charge in [-0.15, -0.1) is 0 Å². The Morgan fingerprint density at radius 3 is 2.71 bits per heavy atom.